The van der Waals surface area contributed by atoms with Crippen LogP contribution >= 0.6 is 22.9 Å². The second kappa shape index (κ2) is 13.5. The van der Waals surface area contributed by atoms with Crippen LogP contribution in [0.2, 0.25) is 4.34 Å². The van der Waals surface area contributed by atoms with Gasteiger partial charge in [-0.25, -0.2) is 16.8 Å². The van der Waals surface area contributed by atoms with Gasteiger partial charge in [0, 0.05) is 68.4 Å². The highest BCUT2D eigenvalue weighted by atomic mass is 35.5. The first-order valence-electron chi connectivity index (χ1n) is 13.5. The number of rotatable bonds is 10. The number of nitrogens with one attached hydrogen (secondary N) is 1. The van der Waals surface area contributed by atoms with Gasteiger partial charge in [0.25, 0.3) is 0 Å². The van der Waals surface area contributed by atoms with Crippen LogP contribution in [0.15, 0.2) is 17.5 Å². The molecule has 4 heterocycles. The topological polar surface area (TPSA) is 144 Å². The first-order valence-corrected chi connectivity index (χ1v) is 18.3. The van der Waals surface area contributed by atoms with Gasteiger partial charge in [-0.15, -0.1) is 11.3 Å². The van der Waals surface area contributed by atoms with Gasteiger partial charge in [0.05, 0.1) is 10.9 Å². The van der Waals surface area contributed by atoms with Gasteiger partial charge < -0.3 is 14.7 Å². The quantitative estimate of drug-likeness (QED) is 0.385. The Morgan fingerprint density at radius 1 is 1.02 bits per heavy atom. The maximum Gasteiger partial charge on any atom is 0.242 e. The highest BCUT2D eigenvalue weighted by molar-refractivity contribution is 7.92. The number of amides is 3. The molecule has 3 aliphatic rings. The molecule has 0 radical (unpaired) electrons. The van der Waals surface area contributed by atoms with Crippen LogP contribution in [0.25, 0.3) is 6.08 Å². The van der Waals surface area contributed by atoms with Crippen molar-refractivity contribution in [2.24, 2.45) is 0 Å². The summed E-state index contributed by atoms with van der Waals surface area (Å²) in [7, 11) is -7.26. The normalized spacial score (nSPS) is 23.1. The van der Waals surface area contributed by atoms with Gasteiger partial charge in [-0.05, 0) is 43.9 Å². The molecule has 0 aromatic carbocycles. The lowest BCUT2D eigenvalue weighted by Gasteiger charge is -2.38. The van der Waals surface area contributed by atoms with Gasteiger partial charge >= 0.3 is 0 Å². The fourth-order valence-corrected chi connectivity index (χ4v) is 8.12. The Kier molecular flexibility index (Phi) is 10.5. The molecule has 0 aliphatic carbocycles. The molecule has 1 aromatic rings. The molecule has 3 fully saturated rings. The van der Waals surface area contributed by atoms with Crippen LogP contribution in [-0.2, 0) is 34.2 Å². The number of likely N-dealkylation sites (tertiary alicyclic amines) is 2. The number of hydrogen-bond donors (Lipinski definition) is 1. The number of halogens is 1. The summed E-state index contributed by atoms with van der Waals surface area (Å²) in [5, 5.41) is 1.02. The standard InChI is InChI=1S/C25H36ClN5O7S3/c1-40(35,36)18-24(33)29-13-11-28(12-14-29)16-19-4-2-10-31(19)23(32)17-30-9-3-5-21(25(30)34)27-41(37,38)15-8-20-6-7-22(26)39-20/h6-8,15,19,21,27H,2-5,9-14,16-18H2,1H3/t19-,21-/m0/s1. The van der Waals surface area contributed by atoms with Crippen molar-refractivity contribution in [1.29, 1.82) is 0 Å². The fourth-order valence-electron chi connectivity index (χ4n) is 5.42. The lowest BCUT2D eigenvalue weighted by Crippen LogP contribution is -2.56. The van der Waals surface area contributed by atoms with Crippen molar-refractivity contribution in [3.05, 3.63) is 26.8 Å². The Hall–Kier alpha value is -2.04. The molecule has 1 N–H and O–H groups in total. The van der Waals surface area contributed by atoms with E-state index in [-0.39, 0.29) is 24.4 Å². The Bertz CT molecular complexity index is 1370. The fraction of sp³-hybridized carbons (Fsp3) is 0.640. The first-order chi connectivity index (χ1) is 19.3. The molecule has 12 nitrogen and oxygen atoms in total. The van der Waals surface area contributed by atoms with E-state index >= 15 is 0 Å². The van der Waals surface area contributed by atoms with Gasteiger partial charge in [-0.2, -0.15) is 4.72 Å². The van der Waals surface area contributed by atoms with E-state index in [0.29, 0.717) is 67.9 Å². The zero-order valence-electron chi connectivity index (χ0n) is 22.9. The monoisotopic (exact) mass is 649 g/mol. The van der Waals surface area contributed by atoms with E-state index in [0.717, 1.165) is 24.5 Å². The number of piperazine rings is 1. The van der Waals surface area contributed by atoms with Crippen LogP contribution in [-0.4, -0.2) is 131 Å². The first kappa shape index (κ1) is 31.9. The van der Waals surface area contributed by atoms with Crippen molar-refractivity contribution in [3.8, 4) is 0 Å². The van der Waals surface area contributed by atoms with Gasteiger partial charge in [-0.3, -0.25) is 19.3 Å². The van der Waals surface area contributed by atoms with Crippen molar-refractivity contribution < 1.29 is 31.2 Å². The molecular weight excluding hydrogens is 614 g/mol. The van der Waals surface area contributed by atoms with Crippen LogP contribution in [0.1, 0.15) is 30.6 Å². The highest BCUT2D eigenvalue weighted by Gasteiger charge is 2.36. The molecule has 16 heteroatoms. The summed E-state index contributed by atoms with van der Waals surface area (Å²) in [6.07, 6.45) is 5.08. The molecule has 0 unspecified atom stereocenters. The summed E-state index contributed by atoms with van der Waals surface area (Å²) >= 11 is 7.13. The van der Waals surface area contributed by atoms with Gasteiger partial charge in [0.1, 0.15) is 11.8 Å². The third-order valence-corrected chi connectivity index (χ3v) is 10.5. The maximum absolute atomic E-state index is 13.3. The van der Waals surface area contributed by atoms with Gasteiger partial charge in [0.15, 0.2) is 9.84 Å². The zero-order valence-corrected chi connectivity index (χ0v) is 26.1. The smallest absolute Gasteiger partial charge is 0.242 e. The average molecular weight is 650 g/mol. The van der Waals surface area contributed by atoms with Crippen molar-refractivity contribution >= 4 is 66.6 Å². The van der Waals surface area contributed by atoms with E-state index in [2.05, 4.69) is 9.62 Å². The lowest BCUT2D eigenvalue weighted by atomic mass is 10.1. The van der Waals surface area contributed by atoms with Gasteiger partial charge in [-0.1, -0.05) is 11.6 Å². The Balaban J connectivity index is 1.27. The van der Waals surface area contributed by atoms with E-state index in [1.165, 1.54) is 22.3 Å². The summed E-state index contributed by atoms with van der Waals surface area (Å²) < 4.78 is 51.1. The SMILES string of the molecule is CS(=O)(=O)CC(=O)N1CCN(C[C@@H]2CCCN2C(=O)CN2CCC[C@H](NS(=O)(=O)C=Cc3ccc(Cl)s3)C2=O)CC1. The van der Waals surface area contributed by atoms with E-state index in [4.69, 9.17) is 11.6 Å². The summed E-state index contributed by atoms with van der Waals surface area (Å²) in [5.41, 5.74) is 0. The lowest BCUT2D eigenvalue weighted by molar-refractivity contribution is -0.143. The molecule has 0 saturated carbocycles. The van der Waals surface area contributed by atoms with Gasteiger partial charge in [0.2, 0.25) is 27.7 Å². The van der Waals surface area contributed by atoms with Crippen LogP contribution < -0.4 is 4.72 Å². The number of carbonyl (C=O) groups is 3. The number of thiophene rings is 1. The van der Waals surface area contributed by atoms with Crippen molar-refractivity contribution in [3.63, 3.8) is 0 Å². The molecule has 0 bridgehead atoms. The predicted molar refractivity (Wildman–Crippen MR) is 157 cm³/mol. The molecule has 3 amide bonds. The second-order valence-electron chi connectivity index (χ2n) is 10.7. The van der Waals surface area contributed by atoms with E-state index in [1.807, 2.05) is 0 Å². The minimum absolute atomic E-state index is 0.0224. The third-order valence-electron chi connectivity index (χ3n) is 7.45. The minimum Gasteiger partial charge on any atom is -0.339 e. The van der Waals surface area contributed by atoms with E-state index < -0.39 is 37.6 Å². The summed E-state index contributed by atoms with van der Waals surface area (Å²) in [4.78, 5) is 46.3. The molecule has 0 spiro atoms. The molecule has 41 heavy (non-hydrogen) atoms. The molecule has 3 aliphatic heterocycles. The number of hydrogen-bond acceptors (Lipinski definition) is 9. The Labute approximate surface area is 250 Å². The molecule has 1 aromatic heterocycles. The van der Waals surface area contributed by atoms with Crippen LogP contribution in [0.3, 0.4) is 0 Å². The Morgan fingerprint density at radius 2 is 1.73 bits per heavy atom. The summed E-state index contributed by atoms with van der Waals surface area (Å²) in [6.45, 7) is 3.56. The Morgan fingerprint density at radius 3 is 2.39 bits per heavy atom. The van der Waals surface area contributed by atoms with E-state index in [1.54, 1.807) is 21.9 Å². The molecule has 4 rings (SSSR count). The maximum atomic E-state index is 13.3. The number of carbonyl (C=O) groups excluding carboxylic acids is 3. The van der Waals surface area contributed by atoms with Crippen LogP contribution in [0.4, 0.5) is 0 Å². The number of sulfonamides is 1. The molecule has 228 valence electrons. The zero-order chi connectivity index (χ0) is 29.8. The second-order valence-corrected chi connectivity index (χ2v) is 16.2. The van der Waals surface area contributed by atoms with Crippen LogP contribution in [0.5, 0.6) is 0 Å². The van der Waals surface area contributed by atoms with Crippen molar-refractivity contribution in [1.82, 2.24) is 24.3 Å². The third kappa shape index (κ3) is 9.22. The number of sulfone groups is 1. The van der Waals surface area contributed by atoms with E-state index in [9.17, 15) is 31.2 Å². The largest absolute Gasteiger partial charge is 0.339 e. The predicted octanol–water partition coefficient (Wildman–Crippen LogP) is 0.462. The van der Waals surface area contributed by atoms with Crippen LogP contribution in [0, 0.1) is 0 Å². The highest BCUT2D eigenvalue weighted by Crippen LogP contribution is 2.23. The molecule has 3 saturated heterocycles. The molecular formula is C25H36ClN5O7S3. The van der Waals surface area contributed by atoms with Crippen molar-refractivity contribution in [2.45, 2.75) is 37.8 Å². The number of nitrogens with zero attached hydrogens (tertiary/aromatic N) is 4. The van der Waals surface area contributed by atoms with Crippen molar-refractivity contribution in [2.75, 3.05) is 64.4 Å². The minimum atomic E-state index is -3.88. The molecule has 2 atom stereocenters. The summed E-state index contributed by atoms with van der Waals surface area (Å²) in [5.74, 6) is -1.46. The summed E-state index contributed by atoms with van der Waals surface area (Å²) in [6, 6.07) is 2.41. The average Bonchev–Trinajstić information content (AvgIpc) is 3.53. The number of piperidine rings is 1.